The number of esters is 1. The van der Waals surface area contributed by atoms with E-state index in [2.05, 4.69) is 5.16 Å². The number of hydrogen-bond donors (Lipinski definition) is 0. The number of benzene rings is 2. The van der Waals surface area contributed by atoms with Crippen LogP contribution in [0.1, 0.15) is 16.1 Å². The molecule has 0 bridgehead atoms. The average molecular weight is 383 g/mol. The fourth-order valence-corrected chi connectivity index (χ4v) is 2.62. The van der Waals surface area contributed by atoms with Gasteiger partial charge in [-0.25, -0.2) is 18.4 Å². The van der Waals surface area contributed by atoms with E-state index in [0.29, 0.717) is 11.0 Å². The summed E-state index contributed by atoms with van der Waals surface area (Å²) in [5.41, 5.74) is -0.518. The zero-order valence-corrected chi connectivity index (χ0v) is 14.1. The van der Waals surface area contributed by atoms with Crippen molar-refractivity contribution >= 4 is 16.9 Å². The molecule has 140 valence electrons. The highest BCUT2D eigenvalue weighted by atomic mass is 19.1. The molecule has 0 radical (unpaired) electrons. The normalized spacial score (nSPS) is 10.9. The minimum Gasteiger partial charge on any atom is -0.455 e. The van der Waals surface area contributed by atoms with E-state index in [4.69, 9.17) is 13.7 Å². The Bertz CT molecular complexity index is 1240. The fourth-order valence-electron chi connectivity index (χ4n) is 2.62. The van der Waals surface area contributed by atoms with Gasteiger partial charge in [-0.15, -0.1) is 0 Å². The van der Waals surface area contributed by atoms with E-state index in [-0.39, 0.29) is 29.2 Å². The van der Waals surface area contributed by atoms with Gasteiger partial charge >= 0.3 is 11.6 Å². The van der Waals surface area contributed by atoms with Crippen molar-refractivity contribution in [1.82, 2.24) is 5.16 Å². The maximum absolute atomic E-state index is 13.8. The van der Waals surface area contributed by atoms with Crippen LogP contribution >= 0.6 is 0 Å². The van der Waals surface area contributed by atoms with Crippen molar-refractivity contribution in [3.05, 3.63) is 87.9 Å². The minimum absolute atomic E-state index is 0.0154. The Morgan fingerprint density at radius 2 is 1.89 bits per heavy atom. The number of carbonyl (C=O) groups excluding carboxylic acids is 1. The largest absolute Gasteiger partial charge is 0.455 e. The zero-order chi connectivity index (χ0) is 19.7. The first-order valence-electron chi connectivity index (χ1n) is 8.12. The van der Waals surface area contributed by atoms with Gasteiger partial charge in [0, 0.05) is 17.5 Å². The van der Waals surface area contributed by atoms with Crippen molar-refractivity contribution in [3.8, 4) is 11.3 Å². The monoisotopic (exact) mass is 383 g/mol. The molecule has 0 unspecified atom stereocenters. The van der Waals surface area contributed by atoms with E-state index in [1.807, 2.05) is 0 Å². The van der Waals surface area contributed by atoms with Gasteiger partial charge in [0.25, 0.3) is 0 Å². The van der Waals surface area contributed by atoms with Crippen LogP contribution in [-0.4, -0.2) is 11.1 Å². The quantitative estimate of drug-likeness (QED) is 0.390. The van der Waals surface area contributed by atoms with E-state index >= 15 is 0 Å². The molecule has 0 N–H and O–H groups in total. The molecule has 0 aliphatic carbocycles. The van der Waals surface area contributed by atoms with Crippen LogP contribution in [0, 0.1) is 11.6 Å². The summed E-state index contributed by atoms with van der Waals surface area (Å²) in [7, 11) is 0. The number of rotatable bonds is 4. The van der Waals surface area contributed by atoms with Gasteiger partial charge in [-0.1, -0.05) is 23.4 Å². The van der Waals surface area contributed by atoms with Gasteiger partial charge in [-0.05, 0) is 24.3 Å². The molecule has 0 atom stereocenters. The van der Waals surface area contributed by atoms with E-state index in [0.717, 1.165) is 12.1 Å². The van der Waals surface area contributed by atoms with Gasteiger partial charge < -0.3 is 13.7 Å². The van der Waals surface area contributed by atoms with Gasteiger partial charge in [-0.2, -0.15) is 0 Å². The number of halogens is 2. The number of fused-ring (bicyclic) bond motifs is 1. The Morgan fingerprint density at radius 1 is 1.07 bits per heavy atom. The predicted molar refractivity (Wildman–Crippen MR) is 93.5 cm³/mol. The molecular weight excluding hydrogens is 372 g/mol. The second kappa shape index (κ2) is 7.07. The molecule has 2 aromatic heterocycles. The molecule has 2 aromatic carbocycles. The SMILES string of the molecule is O=C(OCc1cc(-c2ccc(F)cc2F)on1)c1cc2ccccc2oc1=O. The summed E-state index contributed by atoms with van der Waals surface area (Å²) in [5, 5.41) is 4.25. The molecule has 28 heavy (non-hydrogen) atoms. The lowest BCUT2D eigenvalue weighted by Gasteiger charge is -2.02. The Hall–Kier alpha value is -3.81. The molecule has 0 saturated heterocycles. The van der Waals surface area contributed by atoms with E-state index < -0.39 is 23.2 Å². The summed E-state index contributed by atoms with van der Waals surface area (Å²) < 4.78 is 41.9. The van der Waals surface area contributed by atoms with Crippen LogP contribution in [0.3, 0.4) is 0 Å². The second-order valence-corrected chi connectivity index (χ2v) is 5.87. The molecule has 0 fully saturated rings. The Labute approximate surface area is 155 Å². The molecule has 0 amide bonds. The zero-order valence-electron chi connectivity index (χ0n) is 14.1. The first-order valence-corrected chi connectivity index (χ1v) is 8.12. The van der Waals surface area contributed by atoms with Crippen molar-refractivity contribution in [1.29, 1.82) is 0 Å². The molecule has 4 rings (SSSR count). The first-order chi connectivity index (χ1) is 13.5. The molecule has 0 saturated carbocycles. The molecule has 2 heterocycles. The van der Waals surface area contributed by atoms with Gasteiger partial charge in [0.1, 0.15) is 35.1 Å². The van der Waals surface area contributed by atoms with Crippen molar-refractivity contribution in [2.45, 2.75) is 6.61 Å². The van der Waals surface area contributed by atoms with Crippen LogP contribution in [0.15, 0.2) is 68.3 Å². The predicted octanol–water partition coefficient (Wildman–Crippen LogP) is 4.08. The van der Waals surface area contributed by atoms with Crippen molar-refractivity contribution in [3.63, 3.8) is 0 Å². The van der Waals surface area contributed by atoms with Crippen molar-refractivity contribution < 1.29 is 27.3 Å². The lowest BCUT2D eigenvalue weighted by Crippen LogP contribution is -2.16. The summed E-state index contributed by atoms with van der Waals surface area (Å²) in [6, 6.07) is 12.5. The summed E-state index contributed by atoms with van der Waals surface area (Å²) in [6.07, 6.45) is 0. The number of hydrogen-bond acceptors (Lipinski definition) is 6. The molecular formula is C20H11F2NO5. The molecule has 0 aliphatic rings. The third kappa shape index (κ3) is 3.39. The average Bonchev–Trinajstić information content (AvgIpc) is 3.14. The number of nitrogens with zero attached hydrogens (tertiary/aromatic N) is 1. The summed E-state index contributed by atoms with van der Waals surface area (Å²) >= 11 is 0. The molecule has 6 nitrogen and oxygen atoms in total. The molecule has 0 spiro atoms. The summed E-state index contributed by atoms with van der Waals surface area (Å²) in [6.45, 7) is -0.308. The maximum Gasteiger partial charge on any atom is 0.351 e. The summed E-state index contributed by atoms with van der Waals surface area (Å²) in [4.78, 5) is 24.2. The number of carbonyl (C=O) groups is 1. The van der Waals surface area contributed by atoms with Gasteiger partial charge in [0.15, 0.2) is 5.76 Å². The number of para-hydroxylation sites is 1. The van der Waals surface area contributed by atoms with Crippen molar-refractivity contribution in [2.24, 2.45) is 0 Å². The third-order valence-electron chi connectivity index (χ3n) is 3.97. The fraction of sp³-hybridized carbons (Fsp3) is 0.0500. The first kappa shape index (κ1) is 17.6. The maximum atomic E-state index is 13.8. The van der Waals surface area contributed by atoms with Gasteiger partial charge in [0.05, 0.1) is 5.56 Å². The van der Waals surface area contributed by atoms with Crippen LogP contribution in [0.5, 0.6) is 0 Å². The topological polar surface area (TPSA) is 82.5 Å². The highest BCUT2D eigenvalue weighted by Crippen LogP contribution is 2.24. The number of ether oxygens (including phenoxy) is 1. The lowest BCUT2D eigenvalue weighted by atomic mass is 10.1. The van der Waals surface area contributed by atoms with Crippen LogP contribution in [-0.2, 0) is 11.3 Å². The smallest absolute Gasteiger partial charge is 0.351 e. The standard InChI is InChI=1S/C20H11F2NO5/c21-12-5-6-14(16(22)8-12)18-9-13(23-28-18)10-26-19(24)15-7-11-3-1-2-4-17(11)27-20(15)25/h1-9H,10H2. The van der Waals surface area contributed by atoms with Crippen LogP contribution in [0.2, 0.25) is 0 Å². The minimum atomic E-state index is -0.892. The molecule has 8 heteroatoms. The Kier molecular flexibility index (Phi) is 4.44. The number of aromatic nitrogens is 1. The van der Waals surface area contributed by atoms with Crippen LogP contribution in [0.25, 0.3) is 22.3 Å². The molecule has 4 aromatic rings. The molecule has 0 aliphatic heterocycles. The third-order valence-corrected chi connectivity index (χ3v) is 3.97. The Balaban J connectivity index is 1.51. The van der Waals surface area contributed by atoms with Crippen molar-refractivity contribution in [2.75, 3.05) is 0 Å². The lowest BCUT2D eigenvalue weighted by molar-refractivity contribution is 0.0459. The van der Waals surface area contributed by atoms with Gasteiger partial charge in [-0.3, -0.25) is 0 Å². The second-order valence-electron chi connectivity index (χ2n) is 5.87. The summed E-state index contributed by atoms with van der Waals surface area (Å²) in [5.74, 6) is -2.37. The van der Waals surface area contributed by atoms with E-state index in [1.165, 1.54) is 18.2 Å². The Morgan fingerprint density at radius 3 is 2.71 bits per heavy atom. The van der Waals surface area contributed by atoms with E-state index in [1.54, 1.807) is 24.3 Å². The highest BCUT2D eigenvalue weighted by molar-refractivity contribution is 5.92. The van der Waals surface area contributed by atoms with Crippen LogP contribution in [0.4, 0.5) is 8.78 Å². The van der Waals surface area contributed by atoms with E-state index in [9.17, 15) is 18.4 Å². The van der Waals surface area contributed by atoms with Gasteiger partial charge in [0.2, 0.25) is 0 Å². The highest BCUT2D eigenvalue weighted by Gasteiger charge is 2.17. The van der Waals surface area contributed by atoms with Crippen LogP contribution < -0.4 is 5.63 Å².